The monoisotopic (exact) mass is 327 g/mol. The normalized spacial score (nSPS) is 13.1. The third-order valence-electron chi connectivity index (χ3n) is 2.54. The maximum absolute atomic E-state index is 11.9. The van der Waals surface area contributed by atoms with Gasteiger partial charge >= 0.3 is 5.97 Å². The van der Waals surface area contributed by atoms with Gasteiger partial charge in [-0.25, -0.2) is 0 Å². The van der Waals surface area contributed by atoms with Gasteiger partial charge in [-0.05, 0) is 38.1 Å². The molecule has 0 spiro atoms. The third kappa shape index (κ3) is 6.23. The van der Waals surface area contributed by atoms with Gasteiger partial charge in [-0.2, -0.15) is 0 Å². The highest BCUT2D eigenvalue weighted by Gasteiger charge is 2.22. The number of thioether (sulfide) groups is 1. The van der Waals surface area contributed by atoms with Crippen LogP contribution in [-0.2, 0) is 14.3 Å². The van der Waals surface area contributed by atoms with Crippen molar-refractivity contribution in [3.05, 3.63) is 41.9 Å². The lowest BCUT2D eigenvalue weighted by atomic mass is 10.3. The molecule has 1 aromatic carbocycles. The molecule has 0 aliphatic carbocycles. The topological polar surface area (TPSA) is 55.4 Å². The van der Waals surface area contributed by atoms with Gasteiger partial charge in [0, 0.05) is 16.5 Å². The van der Waals surface area contributed by atoms with Crippen LogP contribution >= 0.6 is 23.4 Å². The highest BCUT2D eigenvalue weighted by Crippen LogP contribution is 2.25. The Hall–Kier alpha value is -1.46. The maximum Gasteiger partial charge on any atom is 0.319 e. The van der Waals surface area contributed by atoms with Crippen molar-refractivity contribution in [2.75, 3.05) is 6.54 Å². The molecule has 0 unspecified atom stereocenters. The number of carbonyl (C=O) groups is 2. The minimum atomic E-state index is -0.828. The summed E-state index contributed by atoms with van der Waals surface area (Å²) in [7, 11) is 0. The number of halogens is 1. The Morgan fingerprint density at radius 3 is 2.57 bits per heavy atom. The van der Waals surface area contributed by atoms with Crippen LogP contribution in [0, 0.1) is 0 Å². The van der Waals surface area contributed by atoms with Crippen LogP contribution in [0.1, 0.15) is 13.8 Å². The average molecular weight is 328 g/mol. The summed E-state index contributed by atoms with van der Waals surface area (Å²) in [6.07, 6.45) is 0.733. The van der Waals surface area contributed by atoms with Gasteiger partial charge in [0.05, 0.1) is 0 Å². The second-order valence-corrected chi connectivity index (χ2v) is 6.18. The van der Waals surface area contributed by atoms with Crippen molar-refractivity contribution < 1.29 is 14.3 Å². The van der Waals surface area contributed by atoms with Gasteiger partial charge < -0.3 is 10.1 Å². The van der Waals surface area contributed by atoms with Gasteiger partial charge in [0.2, 0.25) is 0 Å². The lowest BCUT2D eigenvalue weighted by Gasteiger charge is -2.16. The van der Waals surface area contributed by atoms with E-state index < -0.39 is 17.3 Å². The quantitative estimate of drug-likeness (QED) is 0.475. The number of rotatable bonds is 7. The van der Waals surface area contributed by atoms with E-state index in [-0.39, 0.29) is 5.91 Å². The summed E-state index contributed by atoms with van der Waals surface area (Å²) in [5.74, 6) is -0.775. The Labute approximate surface area is 133 Å². The van der Waals surface area contributed by atoms with Gasteiger partial charge in [0.1, 0.15) is 5.25 Å². The largest absolute Gasteiger partial charge is 0.452 e. The molecule has 0 radical (unpaired) electrons. The molecule has 1 rings (SSSR count). The van der Waals surface area contributed by atoms with E-state index in [2.05, 4.69) is 11.9 Å². The average Bonchev–Trinajstić information content (AvgIpc) is 2.46. The van der Waals surface area contributed by atoms with Gasteiger partial charge in [-0.3, -0.25) is 9.59 Å². The number of hydrogen-bond acceptors (Lipinski definition) is 4. The number of carbonyl (C=O) groups excluding carboxylic acids is 2. The summed E-state index contributed by atoms with van der Waals surface area (Å²) in [5.41, 5.74) is 0. The van der Waals surface area contributed by atoms with Crippen molar-refractivity contribution in [1.29, 1.82) is 0 Å². The highest BCUT2D eigenvalue weighted by molar-refractivity contribution is 8.00. The van der Waals surface area contributed by atoms with Gasteiger partial charge in [-0.1, -0.05) is 17.7 Å². The molecule has 0 fully saturated rings. The van der Waals surface area contributed by atoms with Gasteiger partial charge in [-0.15, -0.1) is 18.3 Å². The Kier molecular flexibility index (Phi) is 7.32. The summed E-state index contributed by atoms with van der Waals surface area (Å²) < 4.78 is 5.13. The van der Waals surface area contributed by atoms with E-state index in [1.165, 1.54) is 18.7 Å². The molecular formula is C15H18ClNO3S. The maximum atomic E-state index is 11.9. The second kappa shape index (κ2) is 8.74. The predicted molar refractivity (Wildman–Crippen MR) is 85.5 cm³/mol. The number of esters is 1. The van der Waals surface area contributed by atoms with Crippen molar-refractivity contribution in [1.82, 2.24) is 5.32 Å². The Balaban J connectivity index is 2.48. The van der Waals surface area contributed by atoms with Crippen LogP contribution in [0.15, 0.2) is 41.8 Å². The lowest BCUT2D eigenvalue weighted by Crippen LogP contribution is -2.37. The van der Waals surface area contributed by atoms with Crippen molar-refractivity contribution in [2.45, 2.75) is 30.1 Å². The Morgan fingerprint density at radius 1 is 1.38 bits per heavy atom. The molecule has 0 aliphatic heterocycles. The Bertz CT molecular complexity index is 504. The molecule has 21 heavy (non-hydrogen) atoms. The second-order valence-electron chi connectivity index (χ2n) is 4.33. The van der Waals surface area contributed by atoms with Crippen molar-refractivity contribution >= 4 is 35.2 Å². The van der Waals surface area contributed by atoms with E-state index in [1.807, 2.05) is 12.1 Å². The molecule has 114 valence electrons. The lowest BCUT2D eigenvalue weighted by molar-refractivity contribution is -0.153. The summed E-state index contributed by atoms with van der Waals surface area (Å²) >= 11 is 7.15. The molecule has 0 saturated carbocycles. The SMILES string of the molecule is C=CCNC(=O)[C@@H](C)OC(=O)[C@H](C)Sc1ccc(Cl)cc1. The number of hydrogen-bond donors (Lipinski definition) is 1. The first-order valence-corrected chi connectivity index (χ1v) is 7.71. The molecule has 1 aromatic rings. The predicted octanol–water partition coefficient (Wildman–Crippen LogP) is 3.05. The first kappa shape index (κ1) is 17.6. The van der Waals surface area contributed by atoms with Crippen LogP contribution < -0.4 is 5.32 Å². The van der Waals surface area contributed by atoms with Crippen LogP contribution in [0.5, 0.6) is 0 Å². The third-order valence-corrected chi connectivity index (χ3v) is 3.88. The molecule has 2 atom stereocenters. The fourth-order valence-corrected chi connectivity index (χ4v) is 2.38. The van der Waals surface area contributed by atoms with Crippen molar-refractivity contribution in [3.8, 4) is 0 Å². The molecular weight excluding hydrogens is 310 g/mol. The zero-order valence-corrected chi connectivity index (χ0v) is 13.5. The molecule has 1 N–H and O–H groups in total. The van der Waals surface area contributed by atoms with Crippen molar-refractivity contribution in [3.63, 3.8) is 0 Å². The van der Waals surface area contributed by atoms with E-state index in [0.717, 1.165) is 4.90 Å². The van der Waals surface area contributed by atoms with Crippen LogP contribution in [0.25, 0.3) is 0 Å². The zero-order chi connectivity index (χ0) is 15.8. The van der Waals surface area contributed by atoms with Crippen LogP contribution in [0.2, 0.25) is 5.02 Å². The summed E-state index contributed by atoms with van der Waals surface area (Å²) in [6, 6.07) is 7.18. The van der Waals surface area contributed by atoms with E-state index in [0.29, 0.717) is 11.6 Å². The molecule has 0 heterocycles. The van der Waals surface area contributed by atoms with Gasteiger partial charge in [0.25, 0.3) is 5.91 Å². The van der Waals surface area contributed by atoms with E-state index in [9.17, 15) is 9.59 Å². The minimum Gasteiger partial charge on any atom is -0.452 e. The zero-order valence-electron chi connectivity index (χ0n) is 12.0. The molecule has 0 saturated heterocycles. The number of ether oxygens (including phenoxy) is 1. The number of nitrogens with one attached hydrogen (secondary N) is 1. The summed E-state index contributed by atoms with van der Waals surface area (Å²) in [5, 5.41) is 2.80. The molecule has 1 amide bonds. The smallest absolute Gasteiger partial charge is 0.319 e. The highest BCUT2D eigenvalue weighted by atomic mass is 35.5. The first-order valence-electron chi connectivity index (χ1n) is 6.45. The molecule has 0 aromatic heterocycles. The fraction of sp³-hybridized carbons (Fsp3) is 0.333. The van der Waals surface area contributed by atoms with Crippen molar-refractivity contribution in [2.24, 2.45) is 0 Å². The summed E-state index contributed by atoms with van der Waals surface area (Å²) in [4.78, 5) is 24.4. The summed E-state index contributed by atoms with van der Waals surface area (Å²) in [6.45, 7) is 7.11. The molecule has 4 nitrogen and oxygen atoms in total. The number of amides is 1. The minimum absolute atomic E-state index is 0.341. The van der Waals surface area contributed by atoms with E-state index in [1.54, 1.807) is 25.1 Å². The molecule has 6 heteroatoms. The van der Waals surface area contributed by atoms with Crippen LogP contribution in [-0.4, -0.2) is 29.8 Å². The standard InChI is InChI=1S/C15H18ClNO3S/c1-4-9-17-14(18)10(2)20-15(19)11(3)21-13-7-5-12(16)6-8-13/h4-8,10-11H,1,9H2,2-3H3,(H,17,18)/t10-,11+/m1/s1. The first-order chi connectivity index (χ1) is 9.93. The molecule has 0 aliphatic rings. The van der Waals surface area contributed by atoms with Crippen LogP contribution in [0.4, 0.5) is 0 Å². The molecule has 0 bridgehead atoms. The van der Waals surface area contributed by atoms with Crippen LogP contribution in [0.3, 0.4) is 0 Å². The Morgan fingerprint density at radius 2 is 2.00 bits per heavy atom. The van der Waals surface area contributed by atoms with Gasteiger partial charge in [0.15, 0.2) is 6.10 Å². The van der Waals surface area contributed by atoms with E-state index >= 15 is 0 Å². The number of benzene rings is 1. The van der Waals surface area contributed by atoms with E-state index in [4.69, 9.17) is 16.3 Å². The fourth-order valence-electron chi connectivity index (χ4n) is 1.41.